The standard InChI is InChI=1S/C25H41I4N5O/c1-35-25-23(26)14-17(15-24(25)27)29-32-20-10-12-22(13-11-20)34-33-21-6-2-16(3-7-21)28-31-19-8-4-18(30)5-9-19/h14-16,18-22,31-34H,2-13,30H2,1H3/q-2. The first-order chi connectivity index (χ1) is 17.0. The zero-order chi connectivity index (χ0) is 24.6. The third-order valence-corrected chi connectivity index (χ3v) is 14.9. The van der Waals surface area contributed by atoms with Gasteiger partial charge in [-0.2, -0.15) is 0 Å². The molecule has 0 heterocycles. The van der Waals surface area contributed by atoms with Crippen molar-refractivity contribution in [1.82, 2.24) is 17.9 Å². The second-order valence-corrected chi connectivity index (χ2v) is 18.0. The third kappa shape index (κ3) is 9.71. The molecule has 0 aliphatic heterocycles. The van der Waals surface area contributed by atoms with Crippen LogP contribution < -0.4 is 71.3 Å². The van der Waals surface area contributed by atoms with Crippen LogP contribution >= 0.6 is 45.2 Å². The molecule has 1 aromatic carbocycles. The first-order valence-electron chi connectivity index (χ1n) is 13.1. The molecule has 3 aliphatic rings. The summed E-state index contributed by atoms with van der Waals surface area (Å²) in [5.74, 6) is 1.01. The molecule has 0 unspecified atom stereocenters. The first-order valence-corrected chi connectivity index (χ1v) is 19.7. The van der Waals surface area contributed by atoms with E-state index in [0.717, 1.165) is 15.7 Å². The molecule has 4 rings (SSSR count). The van der Waals surface area contributed by atoms with Gasteiger partial charge in [-0.15, -0.1) is 0 Å². The van der Waals surface area contributed by atoms with Gasteiger partial charge in [-0.3, -0.25) is 0 Å². The summed E-state index contributed by atoms with van der Waals surface area (Å²) in [7, 11) is 1.76. The van der Waals surface area contributed by atoms with Crippen LogP contribution in [-0.2, 0) is 0 Å². The molecule has 0 atom stereocenters. The molecular formula is C25H41I4N5O-2. The number of halogens is 4. The van der Waals surface area contributed by atoms with E-state index in [9.17, 15) is 0 Å². The van der Waals surface area contributed by atoms with Gasteiger partial charge in [-0.1, -0.05) is 0 Å². The van der Waals surface area contributed by atoms with E-state index in [4.69, 9.17) is 10.5 Å². The summed E-state index contributed by atoms with van der Waals surface area (Å²) in [6, 6.07) is 7.75. The molecule has 1 aromatic rings. The molecule has 35 heavy (non-hydrogen) atoms. The Bertz CT molecular complexity index is 756. The van der Waals surface area contributed by atoms with Crippen molar-refractivity contribution in [1.29, 1.82) is 0 Å². The maximum atomic E-state index is 6.06. The van der Waals surface area contributed by atoms with Crippen LogP contribution in [-0.4, -0.2) is 41.2 Å². The van der Waals surface area contributed by atoms with Gasteiger partial charge in [0.15, 0.2) is 0 Å². The summed E-state index contributed by atoms with van der Waals surface area (Å²) in [5.41, 5.74) is 13.5. The van der Waals surface area contributed by atoms with Crippen LogP contribution in [0.1, 0.15) is 77.0 Å². The molecule has 0 amide bonds. The Balaban J connectivity index is 1.06. The average molecular weight is 935 g/mol. The number of hydrogen-bond donors (Lipinski definition) is 5. The van der Waals surface area contributed by atoms with E-state index in [0.29, 0.717) is 24.2 Å². The fourth-order valence-corrected chi connectivity index (χ4v) is 14.0. The number of alkyl halides is 1. The van der Waals surface area contributed by atoms with Crippen LogP contribution in [0.15, 0.2) is 12.1 Å². The van der Waals surface area contributed by atoms with Gasteiger partial charge in [0.25, 0.3) is 0 Å². The number of ether oxygens (including phenoxy) is 1. The van der Waals surface area contributed by atoms with Gasteiger partial charge in [-0.25, -0.2) is 0 Å². The first kappa shape index (κ1) is 29.7. The number of hydrazine groups is 1. The summed E-state index contributed by atoms with van der Waals surface area (Å²) < 4.78 is 18.2. The Kier molecular flexibility index (Phi) is 13.2. The van der Waals surface area contributed by atoms with E-state index < -0.39 is 0 Å². The minimum atomic E-state index is -0.158. The summed E-state index contributed by atoms with van der Waals surface area (Å²) >= 11 is 4.76. The number of nitrogens with one attached hydrogen (secondary N) is 4. The molecule has 202 valence electrons. The summed E-state index contributed by atoms with van der Waals surface area (Å²) in [4.78, 5) is 0. The van der Waals surface area contributed by atoms with Gasteiger partial charge in [0.2, 0.25) is 0 Å². The van der Waals surface area contributed by atoms with Crippen molar-refractivity contribution in [2.24, 2.45) is 5.73 Å². The number of hydrogen-bond acceptors (Lipinski definition) is 6. The van der Waals surface area contributed by atoms with E-state index in [1.165, 1.54) is 87.8 Å². The van der Waals surface area contributed by atoms with Crippen molar-refractivity contribution in [3.63, 3.8) is 0 Å². The van der Waals surface area contributed by atoms with Crippen molar-refractivity contribution in [3.8, 4) is 5.75 Å². The van der Waals surface area contributed by atoms with Crippen LogP contribution in [0.4, 0.5) is 0 Å². The summed E-state index contributed by atoms with van der Waals surface area (Å²) in [5, 5.41) is 0. The van der Waals surface area contributed by atoms with Gasteiger partial charge in [0.05, 0.1) is 0 Å². The van der Waals surface area contributed by atoms with Crippen LogP contribution in [0.2, 0.25) is 0 Å². The van der Waals surface area contributed by atoms with Crippen molar-refractivity contribution >= 4 is 45.2 Å². The van der Waals surface area contributed by atoms with E-state index in [-0.39, 0.29) is 43.0 Å². The molecule has 6 nitrogen and oxygen atoms in total. The van der Waals surface area contributed by atoms with Gasteiger partial charge < -0.3 is 0 Å². The molecule has 0 aromatic heterocycles. The molecule has 0 saturated heterocycles. The average Bonchev–Trinajstić information content (AvgIpc) is 2.87. The predicted molar refractivity (Wildman–Crippen MR) is 152 cm³/mol. The number of rotatable bonds is 10. The van der Waals surface area contributed by atoms with E-state index in [1.807, 2.05) is 0 Å². The van der Waals surface area contributed by atoms with Crippen LogP contribution in [0, 0.1) is 10.7 Å². The second-order valence-electron chi connectivity index (χ2n) is 10.2. The van der Waals surface area contributed by atoms with E-state index >= 15 is 0 Å². The second kappa shape index (κ2) is 15.5. The number of nitrogens with two attached hydrogens (primary N) is 1. The predicted octanol–water partition coefficient (Wildman–Crippen LogP) is -1.75. The minimum absolute atomic E-state index is 0.138. The monoisotopic (exact) mass is 935 g/mol. The molecule has 6 N–H and O–H groups in total. The Hall–Kier alpha value is 1.74. The maximum absolute atomic E-state index is 6.06. The third-order valence-electron chi connectivity index (χ3n) is 7.50. The SMILES string of the molecule is COc1c(I)cc([I-]NC2CCC(NNC3CCC([I-]NC4CCC(N)CC4)CC3)CC2)cc1I. The topological polar surface area (TPSA) is 83.4 Å². The zero-order valence-electron chi connectivity index (χ0n) is 20.6. The Morgan fingerprint density at radius 2 is 1.23 bits per heavy atom. The van der Waals surface area contributed by atoms with Crippen LogP contribution in [0.25, 0.3) is 0 Å². The molecule has 3 saturated carbocycles. The van der Waals surface area contributed by atoms with Crippen molar-refractivity contribution in [3.05, 3.63) is 22.8 Å². The van der Waals surface area contributed by atoms with Crippen molar-refractivity contribution < 1.29 is 47.7 Å². The van der Waals surface area contributed by atoms with Crippen LogP contribution in [0.3, 0.4) is 0 Å². The normalized spacial score (nSPS) is 32.1. The fraction of sp³-hybridized carbons (Fsp3) is 0.760. The van der Waals surface area contributed by atoms with Gasteiger partial charge in [-0.05, 0) is 0 Å². The molecule has 3 fully saturated rings. The Labute approximate surface area is 260 Å². The number of benzene rings is 1. The van der Waals surface area contributed by atoms with Crippen molar-refractivity contribution in [2.75, 3.05) is 7.11 Å². The van der Waals surface area contributed by atoms with E-state index in [1.54, 1.807) is 7.11 Å². The van der Waals surface area contributed by atoms with Gasteiger partial charge in [0, 0.05) is 0 Å². The van der Waals surface area contributed by atoms with Crippen molar-refractivity contribution in [2.45, 2.75) is 111 Å². The molecule has 0 bridgehead atoms. The number of methoxy groups -OCH3 is 1. The van der Waals surface area contributed by atoms with Crippen LogP contribution in [0.5, 0.6) is 5.75 Å². The molecule has 3 aliphatic carbocycles. The summed E-state index contributed by atoms with van der Waals surface area (Å²) in [6.07, 6.45) is 15.6. The van der Waals surface area contributed by atoms with E-state index in [2.05, 4.69) is 75.2 Å². The fourth-order valence-electron chi connectivity index (χ4n) is 5.21. The van der Waals surface area contributed by atoms with Gasteiger partial charge >= 0.3 is 263 Å². The van der Waals surface area contributed by atoms with Gasteiger partial charge in [0.1, 0.15) is 0 Å². The summed E-state index contributed by atoms with van der Waals surface area (Å²) in [6.45, 7) is 0. The molecule has 0 spiro atoms. The molecule has 10 heteroatoms. The Morgan fingerprint density at radius 1 is 0.743 bits per heavy atom. The zero-order valence-corrected chi connectivity index (χ0v) is 29.2. The molecular weight excluding hydrogens is 894 g/mol. The molecule has 0 radical (unpaired) electrons. The Morgan fingerprint density at radius 3 is 1.80 bits per heavy atom. The quantitative estimate of drug-likeness (QED) is 0.0831.